The molecule has 2 unspecified atom stereocenters. The molecule has 4 aromatic rings. The van der Waals surface area contributed by atoms with Crippen LogP contribution in [0, 0.1) is 0 Å². The number of aliphatic hydroxyl groups is 1. The number of hydrogen-bond donors (Lipinski definition) is 1. The fourth-order valence-corrected chi connectivity index (χ4v) is 5.51. The lowest BCUT2D eigenvalue weighted by Gasteiger charge is -2.44. The van der Waals surface area contributed by atoms with Crippen LogP contribution in [0.2, 0.25) is 0 Å². The van der Waals surface area contributed by atoms with Gasteiger partial charge in [-0.25, -0.2) is 4.98 Å². The molecule has 10 nitrogen and oxygen atoms in total. The van der Waals surface area contributed by atoms with Gasteiger partial charge in [0.2, 0.25) is 17.6 Å². The van der Waals surface area contributed by atoms with Gasteiger partial charge in [-0.1, -0.05) is 12.1 Å². The quantitative estimate of drug-likeness (QED) is 0.333. The van der Waals surface area contributed by atoms with Gasteiger partial charge in [-0.05, 0) is 38.2 Å². The first-order valence-corrected chi connectivity index (χ1v) is 12.8. The Morgan fingerprint density at radius 2 is 1.68 bits per heavy atom. The summed E-state index contributed by atoms with van der Waals surface area (Å²) in [4.78, 5) is 19.9. The number of benzene rings is 1. The van der Waals surface area contributed by atoms with E-state index in [0.29, 0.717) is 58.7 Å². The Hall–Kier alpha value is -4.28. The Morgan fingerprint density at radius 3 is 2.33 bits per heavy atom. The number of pyridine rings is 2. The van der Waals surface area contributed by atoms with Crippen LogP contribution in [0.15, 0.2) is 55.1 Å². The summed E-state index contributed by atoms with van der Waals surface area (Å²) in [5.74, 6) is 1.07. The predicted molar refractivity (Wildman–Crippen MR) is 150 cm³/mol. The highest BCUT2D eigenvalue weighted by molar-refractivity contribution is 5.85. The first-order valence-electron chi connectivity index (χ1n) is 12.8. The minimum atomic E-state index is -1.45. The second-order valence-electron chi connectivity index (χ2n) is 9.84. The van der Waals surface area contributed by atoms with Gasteiger partial charge in [0.05, 0.1) is 45.9 Å². The molecule has 3 heterocycles. The third-order valence-electron chi connectivity index (χ3n) is 7.33. The van der Waals surface area contributed by atoms with Crippen molar-refractivity contribution < 1.29 is 24.1 Å². The van der Waals surface area contributed by atoms with E-state index in [2.05, 4.69) is 19.9 Å². The molecule has 1 aliphatic rings. The van der Waals surface area contributed by atoms with Crippen molar-refractivity contribution in [1.82, 2.24) is 24.8 Å². The molecular formula is C30H33N5O5. The van der Waals surface area contributed by atoms with Crippen LogP contribution in [-0.4, -0.2) is 79.0 Å². The molecule has 1 N–H and O–H groups in total. The Bertz CT molecular complexity index is 1510. The molecule has 0 spiro atoms. The lowest BCUT2D eigenvalue weighted by molar-refractivity contribution is 0.00213. The maximum Gasteiger partial charge on any atom is 0.224 e. The summed E-state index contributed by atoms with van der Waals surface area (Å²) < 4.78 is 23.0. The number of hydrogen-bond acceptors (Lipinski definition) is 10. The van der Waals surface area contributed by atoms with E-state index >= 15 is 0 Å². The van der Waals surface area contributed by atoms with Crippen LogP contribution in [0.4, 0.5) is 0 Å². The zero-order valence-corrected chi connectivity index (χ0v) is 23.5. The summed E-state index contributed by atoms with van der Waals surface area (Å²) >= 11 is 0. The Morgan fingerprint density at radius 1 is 0.875 bits per heavy atom. The molecule has 5 rings (SSSR count). The highest BCUT2D eigenvalue weighted by Gasteiger charge is 2.50. The van der Waals surface area contributed by atoms with Gasteiger partial charge in [0.1, 0.15) is 11.4 Å². The number of nitrogens with zero attached hydrogens (tertiary/aromatic N) is 5. The van der Waals surface area contributed by atoms with Crippen molar-refractivity contribution in [2.45, 2.75) is 17.9 Å². The molecule has 1 aromatic carbocycles. The first-order chi connectivity index (χ1) is 19.4. The van der Waals surface area contributed by atoms with E-state index in [1.54, 1.807) is 59.3 Å². The standard InChI is InChI=1S/C30H33N5O5/c1-35(2)13-10-30(36)21-15-24(38-4)34-29(40-6)26(21)25-19(8-7-9-23(25)37-3)27(30)20-14-18(16-33-28(20)39-5)22-17-31-11-12-32-22/h7-9,11-12,14-17,27,36H,10,13H2,1-6H3. The minimum Gasteiger partial charge on any atom is -0.496 e. The summed E-state index contributed by atoms with van der Waals surface area (Å²) in [6, 6.07) is 9.54. The Balaban J connectivity index is 1.88. The van der Waals surface area contributed by atoms with Gasteiger partial charge in [-0.2, -0.15) is 4.98 Å². The number of aromatic nitrogens is 4. The van der Waals surface area contributed by atoms with Gasteiger partial charge in [-0.15, -0.1) is 0 Å². The highest BCUT2D eigenvalue weighted by atomic mass is 16.5. The number of methoxy groups -OCH3 is 4. The fraction of sp³-hybridized carbons (Fsp3) is 0.333. The molecule has 10 heteroatoms. The summed E-state index contributed by atoms with van der Waals surface area (Å²) in [6.45, 7) is 0.596. The Labute approximate surface area is 233 Å². The largest absolute Gasteiger partial charge is 0.496 e. The van der Waals surface area contributed by atoms with Crippen molar-refractivity contribution in [3.05, 3.63) is 71.8 Å². The number of rotatable bonds is 9. The van der Waals surface area contributed by atoms with Crippen LogP contribution in [0.5, 0.6) is 23.4 Å². The average Bonchev–Trinajstić information content (AvgIpc) is 2.99. The van der Waals surface area contributed by atoms with Crippen LogP contribution >= 0.6 is 0 Å². The maximum atomic E-state index is 13.0. The van der Waals surface area contributed by atoms with Gasteiger partial charge >= 0.3 is 0 Å². The molecule has 1 aliphatic carbocycles. The smallest absolute Gasteiger partial charge is 0.224 e. The van der Waals surface area contributed by atoms with E-state index in [1.165, 1.54) is 0 Å². The van der Waals surface area contributed by atoms with Gasteiger partial charge in [0.25, 0.3) is 0 Å². The van der Waals surface area contributed by atoms with E-state index in [9.17, 15) is 5.11 Å². The second kappa shape index (κ2) is 11.1. The van der Waals surface area contributed by atoms with Crippen LogP contribution in [0.25, 0.3) is 22.4 Å². The molecule has 0 radical (unpaired) electrons. The van der Waals surface area contributed by atoms with E-state index < -0.39 is 11.5 Å². The molecule has 0 saturated heterocycles. The molecule has 2 atom stereocenters. The van der Waals surface area contributed by atoms with Crippen LogP contribution in [-0.2, 0) is 5.60 Å². The van der Waals surface area contributed by atoms with Gasteiger partial charge in [-0.3, -0.25) is 9.97 Å². The Kier molecular flexibility index (Phi) is 7.55. The lowest BCUT2D eigenvalue weighted by Crippen LogP contribution is -2.40. The van der Waals surface area contributed by atoms with Crippen LogP contribution in [0.3, 0.4) is 0 Å². The van der Waals surface area contributed by atoms with Crippen molar-refractivity contribution in [1.29, 1.82) is 0 Å². The highest BCUT2D eigenvalue weighted by Crippen LogP contribution is 2.59. The summed E-state index contributed by atoms with van der Waals surface area (Å²) in [6.07, 6.45) is 7.01. The summed E-state index contributed by atoms with van der Waals surface area (Å²) in [5, 5.41) is 13.0. The van der Waals surface area contributed by atoms with Crippen molar-refractivity contribution >= 4 is 0 Å². The molecule has 0 fully saturated rings. The SMILES string of the molecule is COc1cc2c(c(OC)n1)-c1c(OC)cccc1C(c1cc(-c3cnccn3)cnc1OC)C2(O)CCN(C)C. The lowest BCUT2D eigenvalue weighted by atomic mass is 9.64. The molecular weight excluding hydrogens is 510 g/mol. The van der Waals surface area contributed by atoms with E-state index in [0.717, 1.165) is 16.7 Å². The number of fused-ring (bicyclic) bond motifs is 3. The average molecular weight is 544 g/mol. The molecule has 40 heavy (non-hydrogen) atoms. The van der Waals surface area contributed by atoms with Gasteiger partial charge < -0.3 is 29.0 Å². The monoisotopic (exact) mass is 543 g/mol. The third kappa shape index (κ3) is 4.59. The first kappa shape index (κ1) is 27.3. The number of ether oxygens (including phenoxy) is 4. The summed E-state index contributed by atoms with van der Waals surface area (Å²) in [7, 11) is 10.2. The zero-order valence-electron chi connectivity index (χ0n) is 23.5. The van der Waals surface area contributed by atoms with Crippen molar-refractivity contribution in [2.75, 3.05) is 49.1 Å². The van der Waals surface area contributed by atoms with Gasteiger partial charge in [0, 0.05) is 59.4 Å². The van der Waals surface area contributed by atoms with E-state index in [1.807, 2.05) is 43.3 Å². The fourth-order valence-electron chi connectivity index (χ4n) is 5.51. The van der Waals surface area contributed by atoms with E-state index in [-0.39, 0.29) is 0 Å². The van der Waals surface area contributed by atoms with Gasteiger partial charge in [0.15, 0.2) is 0 Å². The maximum absolute atomic E-state index is 13.0. The molecule has 208 valence electrons. The normalized spacial score (nSPS) is 17.6. The molecule has 0 saturated carbocycles. The predicted octanol–water partition coefficient (Wildman–Crippen LogP) is 3.92. The molecule has 0 bridgehead atoms. The topological polar surface area (TPSA) is 112 Å². The molecule has 0 amide bonds. The third-order valence-corrected chi connectivity index (χ3v) is 7.33. The molecule has 0 aliphatic heterocycles. The van der Waals surface area contributed by atoms with Crippen LogP contribution in [0.1, 0.15) is 29.0 Å². The van der Waals surface area contributed by atoms with Crippen LogP contribution < -0.4 is 18.9 Å². The zero-order chi connectivity index (χ0) is 28.4. The van der Waals surface area contributed by atoms with Crippen molar-refractivity contribution in [2.24, 2.45) is 0 Å². The molecule has 3 aromatic heterocycles. The summed E-state index contributed by atoms with van der Waals surface area (Å²) in [5.41, 5.74) is 3.54. The van der Waals surface area contributed by atoms with E-state index in [4.69, 9.17) is 18.9 Å². The van der Waals surface area contributed by atoms with Crippen molar-refractivity contribution in [3.8, 4) is 45.8 Å². The van der Waals surface area contributed by atoms with Crippen molar-refractivity contribution in [3.63, 3.8) is 0 Å². The second-order valence-corrected chi connectivity index (χ2v) is 9.84. The minimum absolute atomic E-state index is 0.328.